The number of rotatable bonds is 6. The average molecular weight is 246 g/mol. The van der Waals surface area contributed by atoms with E-state index in [1.807, 2.05) is 18.2 Å². The third-order valence-corrected chi connectivity index (χ3v) is 3.12. The average Bonchev–Trinajstić information content (AvgIpc) is 2.77. The summed E-state index contributed by atoms with van der Waals surface area (Å²) < 4.78 is 11.5. The Morgan fingerprint density at radius 2 is 2.00 bits per heavy atom. The Morgan fingerprint density at radius 1 is 1.22 bits per heavy atom. The second-order valence-electron chi connectivity index (χ2n) is 5.21. The molecule has 1 aromatic rings. The molecule has 1 heterocycles. The zero-order valence-electron chi connectivity index (χ0n) is 11.3. The van der Waals surface area contributed by atoms with Gasteiger partial charge in [0, 0.05) is 0 Å². The first-order valence-corrected chi connectivity index (χ1v) is 6.68. The largest absolute Gasteiger partial charge is 0.372 e. The van der Waals surface area contributed by atoms with E-state index < -0.39 is 0 Å². The third kappa shape index (κ3) is 3.97. The molecule has 0 N–H and O–H groups in total. The van der Waals surface area contributed by atoms with Gasteiger partial charge in [-0.05, 0) is 23.5 Å². The Labute approximate surface area is 110 Å². The molecule has 18 heavy (non-hydrogen) atoms. The van der Waals surface area contributed by atoms with Gasteiger partial charge in [0.25, 0.3) is 0 Å². The molecule has 0 radical (unpaired) electrons. The first-order chi connectivity index (χ1) is 8.75. The summed E-state index contributed by atoms with van der Waals surface area (Å²) in [4.78, 5) is 0. The number of hydrogen-bond acceptors (Lipinski definition) is 2. The first-order valence-electron chi connectivity index (χ1n) is 6.68. The van der Waals surface area contributed by atoms with Crippen LogP contribution in [0.1, 0.15) is 25.8 Å². The molecule has 0 amide bonds. The van der Waals surface area contributed by atoms with Gasteiger partial charge in [0.15, 0.2) is 0 Å². The van der Waals surface area contributed by atoms with Gasteiger partial charge in [-0.2, -0.15) is 0 Å². The molecule has 1 aromatic carbocycles. The van der Waals surface area contributed by atoms with E-state index in [0.717, 1.165) is 13.0 Å². The summed E-state index contributed by atoms with van der Waals surface area (Å²) in [7, 11) is 0. The van der Waals surface area contributed by atoms with Crippen molar-refractivity contribution >= 4 is 0 Å². The van der Waals surface area contributed by atoms with Crippen LogP contribution < -0.4 is 0 Å². The summed E-state index contributed by atoms with van der Waals surface area (Å²) in [6, 6.07) is 10.3. The van der Waals surface area contributed by atoms with Crippen LogP contribution >= 0.6 is 0 Å². The molecule has 0 aromatic heterocycles. The maximum absolute atomic E-state index is 5.77. The molecule has 2 heteroatoms. The van der Waals surface area contributed by atoms with Crippen LogP contribution in [-0.2, 0) is 16.1 Å². The SMILES string of the molecule is CC(C)CC1OCC=C1COCc1ccccc1. The fraction of sp³-hybridized carbons (Fsp3) is 0.500. The minimum absolute atomic E-state index is 0.265. The Balaban J connectivity index is 1.76. The lowest BCUT2D eigenvalue weighted by molar-refractivity contribution is 0.0812. The molecule has 98 valence electrons. The lowest BCUT2D eigenvalue weighted by Gasteiger charge is -2.17. The topological polar surface area (TPSA) is 18.5 Å². The van der Waals surface area contributed by atoms with E-state index in [9.17, 15) is 0 Å². The fourth-order valence-corrected chi connectivity index (χ4v) is 2.17. The highest BCUT2D eigenvalue weighted by molar-refractivity contribution is 5.15. The molecule has 2 rings (SSSR count). The molecule has 1 aliphatic heterocycles. The zero-order valence-corrected chi connectivity index (χ0v) is 11.3. The van der Waals surface area contributed by atoms with Crippen LogP contribution in [0.3, 0.4) is 0 Å². The molecule has 0 saturated heterocycles. The number of ether oxygens (including phenoxy) is 2. The van der Waals surface area contributed by atoms with E-state index in [1.165, 1.54) is 11.1 Å². The molecule has 0 aliphatic carbocycles. The smallest absolute Gasteiger partial charge is 0.0814 e. The van der Waals surface area contributed by atoms with Gasteiger partial charge >= 0.3 is 0 Å². The summed E-state index contributed by atoms with van der Waals surface area (Å²) in [5, 5.41) is 0. The quantitative estimate of drug-likeness (QED) is 0.714. The highest BCUT2D eigenvalue weighted by Gasteiger charge is 2.20. The molecule has 0 spiro atoms. The van der Waals surface area contributed by atoms with Gasteiger partial charge in [-0.15, -0.1) is 0 Å². The van der Waals surface area contributed by atoms with E-state index in [4.69, 9.17) is 9.47 Å². The van der Waals surface area contributed by atoms with Crippen molar-refractivity contribution in [2.45, 2.75) is 33.0 Å². The maximum atomic E-state index is 5.77. The van der Waals surface area contributed by atoms with Crippen molar-refractivity contribution in [2.24, 2.45) is 5.92 Å². The molecular formula is C16H22O2. The van der Waals surface area contributed by atoms with E-state index in [0.29, 0.717) is 19.1 Å². The maximum Gasteiger partial charge on any atom is 0.0814 e. The van der Waals surface area contributed by atoms with Crippen LogP contribution in [0.2, 0.25) is 0 Å². The zero-order chi connectivity index (χ0) is 12.8. The number of hydrogen-bond donors (Lipinski definition) is 0. The molecule has 0 bridgehead atoms. The summed E-state index contributed by atoms with van der Waals surface area (Å²) in [5.74, 6) is 0.658. The van der Waals surface area contributed by atoms with Crippen molar-refractivity contribution in [3.05, 3.63) is 47.5 Å². The number of benzene rings is 1. The molecular weight excluding hydrogens is 224 g/mol. The van der Waals surface area contributed by atoms with E-state index >= 15 is 0 Å². The van der Waals surface area contributed by atoms with Crippen LogP contribution in [0.15, 0.2) is 42.0 Å². The van der Waals surface area contributed by atoms with Crippen LogP contribution in [-0.4, -0.2) is 19.3 Å². The van der Waals surface area contributed by atoms with Gasteiger partial charge in [-0.3, -0.25) is 0 Å². The second-order valence-corrected chi connectivity index (χ2v) is 5.21. The van der Waals surface area contributed by atoms with Gasteiger partial charge in [-0.25, -0.2) is 0 Å². The molecule has 1 atom stereocenters. The van der Waals surface area contributed by atoms with Gasteiger partial charge in [0.1, 0.15) is 0 Å². The monoisotopic (exact) mass is 246 g/mol. The predicted octanol–water partition coefficient (Wildman–Crippen LogP) is 3.57. The first kappa shape index (κ1) is 13.3. The Hall–Kier alpha value is -1.12. The molecule has 0 saturated carbocycles. The summed E-state index contributed by atoms with van der Waals surface area (Å²) in [6.07, 6.45) is 3.51. The van der Waals surface area contributed by atoms with Crippen molar-refractivity contribution < 1.29 is 9.47 Å². The van der Waals surface area contributed by atoms with E-state index in [-0.39, 0.29) is 6.10 Å². The van der Waals surface area contributed by atoms with Gasteiger partial charge in [-0.1, -0.05) is 50.3 Å². The predicted molar refractivity (Wildman–Crippen MR) is 73.4 cm³/mol. The van der Waals surface area contributed by atoms with E-state index in [1.54, 1.807) is 0 Å². The van der Waals surface area contributed by atoms with Crippen molar-refractivity contribution in [1.29, 1.82) is 0 Å². The highest BCUT2D eigenvalue weighted by atomic mass is 16.5. The van der Waals surface area contributed by atoms with Crippen LogP contribution in [0.5, 0.6) is 0 Å². The second kappa shape index (κ2) is 6.72. The summed E-state index contributed by atoms with van der Waals surface area (Å²) in [5.41, 5.74) is 2.53. The summed E-state index contributed by atoms with van der Waals surface area (Å²) in [6.45, 7) is 6.55. The Bertz CT molecular complexity index is 381. The van der Waals surface area contributed by atoms with Gasteiger partial charge in [0.05, 0.1) is 25.9 Å². The summed E-state index contributed by atoms with van der Waals surface area (Å²) >= 11 is 0. The molecule has 1 unspecified atom stereocenters. The minimum Gasteiger partial charge on any atom is -0.372 e. The minimum atomic E-state index is 0.265. The van der Waals surface area contributed by atoms with Crippen LogP contribution in [0.25, 0.3) is 0 Å². The normalized spacial score (nSPS) is 19.3. The van der Waals surface area contributed by atoms with Gasteiger partial charge in [0.2, 0.25) is 0 Å². The van der Waals surface area contributed by atoms with Crippen molar-refractivity contribution in [2.75, 3.05) is 13.2 Å². The molecule has 0 fully saturated rings. The lowest BCUT2D eigenvalue weighted by atomic mass is 10.0. The van der Waals surface area contributed by atoms with Crippen LogP contribution in [0, 0.1) is 5.92 Å². The molecule has 1 aliphatic rings. The van der Waals surface area contributed by atoms with Crippen molar-refractivity contribution in [3.63, 3.8) is 0 Å². The van der Waals surface area contributed by atoms with Crippen molar-refractivity contribution in [3.8, 4) is 0 Å². The van der Waals surface area contributed by atoms with Crippen molar-refractivity contribution in [1.82, 2.24) is 0 Å². The highest BCUT2D eigenvalue weighted by Crippen LogP contribution is 2.21. The Kier molecular flexibility index (Phi) is 4.97. The standard InChI is InChI=1S/C16H22O2/c1-13(2)10-16-15(8-9-18-16)12-17-11-14-6-4-3-5-7-14/h3-8,13,16H,9-12H2,1-2H3. The van der Waals surface area contributed by atoms with E-state index in [2.05, 4.69) is 32.1 Å². The lowest BCUT2D eigenvalue weighted by Crippen LogP contribution is -2.16. The van der Waals surface area contributed by atoms with Crippen LogP contribution in [0.4, 0.5) is 0 Å². The molecule has 2 nitrogen and oxygen atoms in total. The fourth-order valence-electron chi connectivity index (χ4n) is 2.17. The third-order valence-electron chi connectivity index (χ3n) is 3.12. The Morgan fingerprint density at radius 3 is 2.72 bits per heavy atom. The van der Waals surface area contributed by atoms with Gasteiger partial charge < -0.3 is 9.47 Å².